The van der Waals surface area contributed by atoms with Gasteiger partial charge in [-0.1, -0.05) is 76.4 Å². The number of nitrogens with zero attached hydrogens (tertiary/aromatic N) is 6. The van der Waals surface area contributed by atoms with Crippen molar-refractivity contribution in [3.05, 3.63) is 111 Å². The molecule has 15 nitrogen and oxygen atoms in total. The fourth-order valence-corrected chi connectivity index (χ4v) is 11.9. The van der Waals surface area contributed by atoms with Gasteiger partial charge in [0, 0.05) is 81.7 Å². The van der Waals surface area contributed by atoms with Gasteiger partial charge in [-0.15, -0.1) is 0 Å². The summed E-state index contributed by atoms with van der Waals surface area (Å²) in [5, 5.41) is 10.8. The summed E-state index contributed by atoms with van der Waals surface area (Å²) in [6, 6.07) is 14.8. The maximum atomic E-state index is 16.7. The topological polar surface area (TPSA) is 169 Å². The second-order valence-corrected chi connectivity index (χ2v) is 22.4. The van der Waals surface area contributed by atoms with Crippen molar-refractivity contribution in [1.82, 2.24) is 40.0 Å². The molecule has 1 aromatic heterocycles. The molecule has 0 spiro atoms. The van der Waals surface area contributed by atoms with Crippen LogP contribution < -0.4 is 10.9 Å². The lowest BCUT2D eigenvalue weighted by Gasteiger charge is -2.40. The minimum absolute atomic E-state index is 0.00319. The maximum absolute atomic E-state index is 16.7. The van der Waals surface area contributed by atoms with E-state index in [9.17, 15) is 28.8 Å². The number of nitrogens with one attached hydrogen (secondary N) is 2. The number of ether oxygens (including phenoxy) is 1. The predicted molar refractivity (Wildman–Crippen MR) is 276 cm³/mol. The van der Waals surface area contributed by atoms with Gasteiger partial charge in [-0.05, 0) is 87.1 Å². The quantitative estimate of drug-likeness (QED) is 0.156. The molecule has 4 aliphatic heterocycles. The Morgan fingerprint density at radius 3 is 2.11 bits per heavy atom. The third-order valence-electron chi connectivity index (χ3n) is 16.1. The Morgan fingerprint density at radius 2 is 1.41 bits per heavy atom. The second-order valence-electron chi connectivity index (χ2n) is 22.4. The predicted octanol–water partition coefficient (Wildman–Crippen LogP) is 6.76. The zero-order chi connectivity index (χ0) is 53.0. The van der Waals surface area contributed by atoms with Crippen LogP contribution in [0.4, 0.5) is 13.2 Å². The van der Waals surface area contributed by atoms with E-state index in [0.717, 1.165) is 44.9 Å². The number of alkyl halides is 1. The van der Waals surface area contributed by atoms with E-state index >= 15 is 13.2 Å². The van der Waals surface area contributed by atoms with Crippen molar-refractivity contribution in [3.63, 3.8) is 0 Å². The molecule has 402 valence electrons. The number of H-pyrrole nitrogens is 1. The van der Waals surface area contributed by atoms with Crippen LogP contribution in [-0.2, 0) is 31.2 Å². The van der Waals surface area contributed by atoms with Crippen LogP contribution >= 0.6 is 0 Å². The Bertz CT molecular complexity index is 2810. The number of piperazine rings is 1. The van der Waals surface area contributed by atoms with E-state index in [-0.39, 0.29) is 97.1 Å². The number of halogens is 3. The number of hydrogen-bond acceptors (Lipinski definition) is 9. The average Bonchev–Trinajstić information content (AvgIpc) is 3.42. The Hall–Kier alpha value is -6.14. The molecule has 0 radical (unpaired) electrons. The minimum Gasteiger partial charge on any atom is -0.375 e. The molecular formula is C57H71F3N8O7. The molecule has 2 atom stereocenters. The van der Waals surface area contributed by atoms with Gasteiger partial charge in [0.25, 0.3) is 17.4 Å². The Morgan fingerprint density at radius 1 is 0.747 bits per heavy atom. The van der Waals surface area contributed by atoms with Crippen LogP contribution in [-0.4, -0.2) is 154 Å². The van der Waals surface area contributed by atoms with Crippen LogP contribution in [0.3, 0.4) is 0 Å². The molecule has 2 N–H and O–H groups in total. The van der Waals surface area contributed by atoms with E-state index in [1.54, 1.807) is 53.7 Å². The molecule has 1 saturated carbocycles. The number of benzene rings is 3. The normalized spacial score (nSPS) is 21.3. The summed E-state index contributed by atoms with van der Waals surface area (Å²) in [7, 11) is 0. The largest absolute Gasteiger partial charge is 0.375 e. The average molecular weight is 1040 g/mol. The van der Waals surface area contributed by atoms with Gasteiger partial charge in [0.1, 0.15) is 17.7 Å². The molecule has 5 fully saturated rings. The zero-order valence-electron chi connectivity index (χ0n) is 43.5. The van der Waals surface area contributed by atoms with Gasteiger partial charge < -0.3 is 29.7 Å². The number of rotatable bonds is 12. The molecule has 5 heterocycles. The van der Waals surface area contributed by atoms with Crippen LogP contribution in [0.1, 0.15) is 129 Å². The molecule has 1 aliphatic carbocycles. The van der Waals surface area contributed by atoms with Crippen molar-refractivity contribution in [2.75, 3.05) is 72.0 Å². The van der Waals surface area contributed by atoms with Gasteiger partial charge in [-0.25, -0.2) is 18.3 Å². The number of piperidine rings is 3. The van der Waals surface area contributed by atoms with Crippen LogP contribution in [0.2, 0.25) is 0 Å². The first kappa shape index (κ1) is 53.7. The van der Waals surface area contributed by atoms with Crippen molar-refractivity contribution in [3.8, 4) is 0 Å². The lowest BCUT2D eigenvalue weighted by Crippen LogP contribution is -2.55. The molecule has 5 aliphatic rings. The summed E-state index contributed by atoms with van der Waals surface area (Å²) in [6.45, 7) is 9.10. The third kappa shape index (κ3) is 12.3. The SMILES string of the molecule is CC(C)(C)C(=O)N1CCC[C@](F)(c2cccc(C(=O)N[C@@H](C(=O)N3CCC(OC4CCN(CC(=O)N5CCN(C(=O)c6cc(Cc7n[nH]c(=O)c8ccccc78)ccc6F)CC5)CC4)CC3)C3CCCCC3)c2F)C1. The van der Waals surface area contributed by atoms with Gasteiger partial charge in [-0.3, -0.25) is 33.7 Å². The van der Waals surface area contributed by atoms with Crippen molar-refractivity contribution >= 4 is 40.3 Å². The van der Waals surface area contributed by atoms with Gasteiger partial charge >= 0.3 is 0 Å². The van der Waals surface area contributed by atoms with Gasteiger partial charge in [0.15, 0.2) is 5.67 Å². The van der Waals surface area contributed by atoms with E-state index < -0.39 is 40.6 Å². The summed E-state index contributed by atoms with van der Waals surface area (Å²) in [5.74, 6) is -3.36. The van der Waals surface area contributed by atoms with E-state index in [1.165, 1.54) is 35.2 Å². The molecule has 75 heavy (non-hydrogen) atoms. The first-order chi connectivity index (χ1) is 36.0. The highest BCUT2D eigenvalue weighted by atomic mass is 19.1. The standard InChI is InChI=1S/C57H71F3N8O7/c1-56(2,3)55(74)68-24-10-23-57(60,36-68)45-16-9-15-43(49(45)59)51(70)61-50(38-11-5-4-6-12-38)54(73)66-27-21-40(22-28-66)75-39-19-25-64(26-20-39)35-48(69)65-29-31-67(32-30-65)53(72)44-33-37(17-18-46(44)58)34-47-41-13-7-8-14-42(41)52(71)63-62-47/h7-9,13-18,33,38-40,50H,4-6,10-12,19-32,34-36H2,1-3H3,(H,61,70)(H,63,71)/t50-,57-/m1/s1. The lowest BCUT2D eigenvalue weighted by atomic mass is 9.82. The van der Waals surface area contributed by atoms with Crippen molar-refractivity contribution in [2.45, 2.75) is 122 Å². The summed E-state index contributed by atoms with van der Waals surface area (Å²) >= 11 is 0. The molecule has 5 amide bonds. The fourth-order valence-electron chi connectivity index (χ4n) is 11.9. The summed E-state index contributed by atoms with van der Waals surface area (Å²) in [4.78, 5) is 89.5. The fraction of sp³-hybridized carbons (Fsp3) is 0.561. The molecule has 4 saturated heterocycles. The smallest absolute Gasteiger partial charge is 0.272 e. The first-order valence-electron chi connectivity index (χ1n) is 27.0. The molecule has 0 unspecified atom stereocenters. The summed E-state index contributed by atoms with van der Waals surface area (Å²) in [5.41, 5.74) is -2.54. The second kappa shape index (κ2) is 23.0. The van der Waals surface area contributed by atoms with Crippen LogP contribution in [0.15, 0.2) is 65.5 Å². The Labute approximate surface area is 436 Å². The van der Waals surface area contributed by atoms with Crippen molar-refractivity contribution < 1.29 is 41.9 Å². The third-order valence-corrected chi connectivity index (χ3v) is 16.1. The number of likely N-dealkylation sites (tertiary alicyclic amines) is 3. The van der Waals surface area contributed by atoms with E-state index in [0.29, 0.717) is 87.1 Å². The minimum atomic E-state index is -2.17. The number of amides is 5. The zero-order valence-corrected chi connectivity index (χ0v) is 43.5. The summed E-state index contributed by atoms with van der Waals surface area (Å²) in [6.07, 6.45) is 7.74. The monoisotopic (exact) mass is 1040 g/mol. The highest BCUT2D eigenvalue weighted by Gasteiger charge is 2.44. The number of hydrogen-bond donors (Lipinski definition) is 2. The lowest BCUT2D eigenvalue weighted by molar-refractivity contribution is -0.144. The van der Waals surface area contributed by atoms with Crippen molar-refractivity contribution in [2.24, 2.45) is 11.3 Å². The molecular weight excluding hydrogens is 966 g/mol. The number of carbonyl (C=O) groups excluding carboxylic acids is 5. The molecule has 0 bridgehead atoms. The molecule has 3 aromatic carbocycles. The van der Waals surface area contributed by atoms with Gasteiger partial charge in [-0.2, -0.15) is 5.10 Å². The number of fused-ring (bicyclic) bond motifs is 1. The van der Waals surface area contributed by atoms with Crippen LogP contribution in [0.5, 0.6) is 0 Å². The highest BCUT2D eigenvalue weighted by Crippen LogP contribution is 2.39. The van der Waals surface area contributed by atoms with E-state index in [2.05, 4.69) is 20.4 Å². The Balaban J connectivity index is 0.723. The summed E-state index contributed by atoms with van der Waals surface area (Å²) < 4.78 is 54.8. The van der Waals surface area contributed by atoms with E-state index in [4.69, 9.17) is 4.74 Å². The molecule has 9 rings (SSSR count). The maximum Gasteiger partial charge on any atom is 0.272 e. The van der Waals surface area contributed by atoms with Crippen LogP contribution in [0.25, 0.3) is 10.8 Å². The Kier molecular flexibility index (Phi) is 16.5. The number of carbonyl (C=O) groups is 5. The highest BCUT2D eigenvalue weighted by molar-refractivity contribution is 5.98. The van der Waals surface area contributed by atoms with E-state index in [1.807, 2.05) is 12.1 Å². The van der Waals surface area contributed by atoms with Crippen molar-refractivity contribution in [1.29, 1.82) is 0 Å². The number of aromatic amines is 1. The molecule has 18 heteroatoms. The number of aromatic nitrogens is 2. The van der Waals surface area contributed by atoms with Gasteiger partial charge in [0.05, 0.1) is 47.5 Å². The van der Waals surface area contributed by atoms with Crippen LogP contribution in [0, 0.1) is 23.0 Å². The van der Waals surface area contributed by atoms with Gasteiger partial charge in [0.2, 0.25) is 17.7 Å². The first-order valence-corrected chi connectivity index (χ1v) is 27.0. The molecule has 4 aromatic rings.